The average molecular weight is 281 g/mol. The Bertz CT molecular complexity index is 624. The van der Waals surface area contributed by atoms with Crippen molar-refractivity contribution in [3.8, 4) is 0 Å². The Morgan fingerprint density at radius 3 is 2.79 bits per heavy atom. The van der Waals surface area contributed by atoms with Crippen LogP contribution in [0.2, 0.25) is 0 Å². The van der Waals surface area contributed by atoms with Gasteiger partial charge in [-0.2, -0.15) is 5.10 Å². The minimum absolute atomic E-state index is 0.0883. The monoisotopic (exact) mass is 281 g/mol. The molecule has 1 aromatic heterocycles. The molecule has 19 heavy (non-hydrogen) atoms. The normalized spacial score (nSPS) is 11.6. The van der Waals surface area contributed by atoms with Crippen LogP contribution in [-0.4, -0.2) is 23.6 Å². The van der Waals surface area contributed by atoms with Crippen molar-refractivity contribution in [2.24, 2.45) is 5.73 Å². The molecule has 0 bridgehead atoms. The van der Waals surface area contributed by atoms with E-state index >= 15 is 0 Å². The van der Waals surface area contributed by atoms with Gasteiger partial charge in [-0.05, 0) is 11.1 Å². The van der Waals surface area contributed by atoms with Crippen molar-refractivity contribution < 1.29 is 8.42 Å². The molecule has 0 spiro atoms. The molecule has 0 radical (unpaired) electrons. The Morgan fingerprint density at radius 2 is 2.11 bits per heavy atom. The van der Waals surface area contributed by atoms with Gasteiger partial charge in [-0.25, -0.2) is 18.1 Å². The van der Waals surface area contributed by atoms with E-state index in [-0.39, 0.29) is 12.3 Å². The van der Waals surface area contributed by atoms with Crippen LogP contribution in [0.25, 0.3) is 0 Å². The number of nitrogens with two attached hydrogens (primary N) is 1. The van der Waals surface area contributed by atoms with E-state index in [9.17, 15) is 8.42 Å². The molecule has 0 aliphatic rings. The smallest absolute Gasteiger partial charge is 0.216 e. The first-order valence-corrected chi connectivity index (χ1v) is 7.34. The molecule has 0 saturated carbocycles. The van der Waals surface area contributed by atoms with Crippen LogP contribution in [0, 0.1) is 0 Å². The van der Waals surface area contributed by atoms with Crippen LogP contribution in [-0.2, 0) is 28.9 Å². The summed E-state index contributed by atoms with van der Waals surface area (Å²) in [5.41, 5.74) is 7.13. The quantitative estimate of drug-likeness (QED) is 0.683. The van der Waals surface area contributed by atoms with E-state index in [1.54, 1.807) is 18.2 Å². The minimum atomic E-state index is -3.41. The van der Waals surface area contributed by atoms with Crippen molar-refractivity contribution in [2.45, 2.75) is 18.8 Å². The van der Waals surface area contributed by atoms with Crippen LogP contribution in [0.3, 0.4) is 0 Å². The number of benzene rings is 1. The summed E-state index contributed by atoms with van der Waals surface area (Å²) in [4.78, 5) is 3.84. The van der Waals surface area contributed by atoms with E-state index in [1.165, 1.54) is 6.33 Å². The van der Waals surface area contributed by atoms with Crippen LogP contribution in [0.15, 0.2) is 30.6 Å². The maximum Gasteiger partial charge on any atom is 0.216 e. The summed E-state index contributed by atoms with van der Waals surface area (Å²) in [6.45, 7) is 0.484. The van der Waals surface area contributed by atoms with Crippen molar-refractivity contribution in [1.82, 2.24) is 19.9 Å². The number of aromatic amines is 1. The number of hydrogen-bond donors (Lipinski definition) is 3. The van der Waals surface area contributed by atoms with Crippen molar-refractivity contribution in [2.75, 3.05) is 0 Å². The molecule has 8 heteroatoms. The van der Waals surface area contributed by atoms with E-state index < -0.39 is 10.0 Å². The Labute approximate surface area is 111 Å². The van der Waals surface area contributed by atoms with E-state index in [1.807, 2.05) is 6.07 Å². The molecular formula is C11H15N5O2S. The molecule has 0 atom stereocenters. The highest BCUT2D eigenvalue weighted by molar-refractivity contribution is 7.88. The molecule has 0 aliphatic heterocycles. The topological polar surface area (TPSA) is 114 Å². The van der Waals surface area contributed by atoms with Crippen LogP contribution in [0.4, 0.5) is 0 Å². The molecule has 0 unspecified atom stereocenters. The largest absolute Gasteiger partial charge is 0.326 e. The average Bonchev–Trinajstić information content (AvgIpc) is 2.89. The fourth-order valence-corrected chi connectivity index (χ4v) is 2.69. The van der Waals surface area contributed by atoms with Gasteiger partial charge in [0.15, 0.2) is 0 Å². The summed E-state index contributed by atoms with van der Waals surface area (Å²) in [6.07, 6.45) is 1.33. The fourth-order valence-electron chi connectivity index (χ4n) is 1.61. The van der Waals surface area contributed by atoms with Crippen LogP contribution < -0.4 is 10.5 Å². The first-order chi connectivity index (χ1) is 9.09. The van der Waals surface area contributed by atoms with Crippen LogP contribution >= 0.6 is 0 Å². The van der Waals surface area contributed by atoms with Crippen LogP contribution in [0.5, 0.6) is 0 Å². The molecule has 1 heterocycles. The van der Waals surface area contributed by atoms with Crippen molar-refractivity contribution in [1.29, 1.82) is 0 Å². The van der Waals surface area contributed by atoms with E-state index in [0.29, 0.717) is 17.9 Å². The summed E-state index contributed by atoms with van der Waals surface area (Å²) < 4.78 is 26.2. The Hall–Kier alpha value is -1.77. The highest BCUT2D eigenvalue weighted by Crippen LogP contribution is 2.08. The number of nitrogens with zero attached hydrogens (tertiary/aromatic N) is 2. The number of aromatic nitrogens is 3. The number of sulfonamides is 1. The Morgan fingerprint density at radius 1 is 1.32 bits per heavy atom. The molecule has 0 amide bonds. The highest BCUT2D eigenvalue weighted by atomic mass is 32.2. The van der Waals surface area contributed by atoms with E-state index in [2.05, 4.69) is 19.9 Å². The third-order valence-electron chi connectivity index (χ3n) is 2.51. The van der Waals surface area contributed by atoms with Gasteiger partial charge in [-0.15, -0.1) is 0 Å². The van der Waals surface area contributed by atoms with Gasteiger partial charge in [0.2, 0.25) is 10.0 Å². The van der Waals surface area contributed by atoms with Crippen LogP contribution in [0.1, 0.15) is 17.0 Å². The summed E-state index contributed by atoms with van der Waals surface area (Å²) in [7, 11) is -3.41. The third-order valence-corrected chi connectivity index (χ3v) is 3.81. The maximum absolute atomic E-state index is 11.9. The SMILES string of the molecule is NCc1cccc(CS(=O)(=O)NCc2ncn[nH]2)c1. The lowest BCUT2D eigenvalue weighted by molar-refractivity contribution is 0.578. The van der Waals surface area contributed by atoms with Gasteiger partial charge in [0.25, 0.3) is 0 Å². The number of hydrogen-bond acceptors (Lipinski definition) is 5. The second-order valence-electron chi connectivity index (χ2n) is 4.04. The lowest BCUT2D eigenvalue weighted by atomic mass is 10.1. The molecule has 1 aromatic carbocycles. The van der Waals surface area contributed by atoms with E-state index in [4.69, 9.17) is 5.73 Å². The third kappa shape index (κ3) is 4.12. The molecular weight excluding hydrogens is 266 g/mol. The Kier molecular flexibility index (Phi) is 4.25. The zero-order valence-corrected chi connectivity index (χ0v) is 11.0. The first-order valence-electron chi connectivity index (χ1n) is 5.68. The van der Waals surface area contributed by atoms with E-state index in [0.717, 1.165) is 5.56 Å². The van der Waals surface area contributed by atoms with Crippen molar-refractivity contribution >= 4 is 10.0 Å². The molecule has 7 nitrogen and oxygen atoms in total. The summed E-state index contributed by atoms with van der Waals surface area (Å²) in [6, 6.07) is 7.20. The lowest BCUT2D eigenvalue weighted by Crippen LogP contribution is -2.25. The predicted molar refractivity (Wildman–Crippen MR) is 70.2 cm³/mol. The molecule has 102 valence electrons. The number of H-pyrrole nitrogens is 1. The standard InChI is InChI=1S/C11H15N5O2S/c12-5-9-2-1-3-10(4-9)7-19(17,18)15-6-11-13-8-14-16-11/h1-4,8,15H,5-7,12H2,(H,13,14,16). The molecule has 0 saturated heterocycles. The zero-order chi connectivity index (χ0) is 13.7. The molecule has 0 fully saturated rings. The van der Waals surface area contributed by atoms with Crippen molar-refractivity contribution in [3.05, 3.63) is 47.5 Å². The highest BCUT2D eigenvalue weighted by Gasteiger charge is 2.12. The van der Waals surface area contributed by atoms with Crippen molar-refractivity contribution in [3.63, 3.8) is 0 Å². The lowest BCUT2D eigenvalue weighted by Gasteiger charge is -2.06. The maximum atomic E-state index is 11.9. The molecule has 2 aromatic rings. The zero-order valence-electron chi connectivity index (χ0n) is 10.2. The second-order valence-corrected chi connectivity index (χ2v) is 5.84. The van der Waals surface area contributed by atoms with Gasteiger partial charge < -0.3 is 5.73 Å². The van der Waals surface area contributed by atoms with Gasteiger partial charge >= 0.3 is 0 Å². The Balaban J connectivity index is 2.00. The first kappa shape index (κ1) is 13.7. The minimum Gasteiger partial charge on any atom is -0.326 e. The predicted octanol–water partition coefficient (Wildman–Crippen LogP) is -0.117. The second kappa shape index (κ2) is 5.91. The molecule has 0 aliphatic carbocycles. The number of rotatable bonds is 6. The van der Waals surface area contributed by atoms with Gasteiger partial charge in [0, 0.05) is 6.54 Å². The molecule has 2 rings (SSSR count). The summed E-state index contributed by atoms with van der Waals surface area (Å²) in [5, 5.41) is 6.23. The summed E-state index contributed by atoms with van der Waals surface area (Å²) in [5.74, 6) is 0.383. The summed E-state index contributed by atoms with van der Waals surface area (Å²) >= 11 is 0. The van der Waals surface area contributed by atoms with Gasteiger partial charge in [0.05, 0.1) is 12.3 Å². The van der Waals surface area contributed by atoms with Gasteiger partial charge in [0.1, 0.15) is 12.2 Å². The fraction of sp³-hybridized carbons (Fsp3) is 0.273. The number of nitrogens with one attached hydrogen (secondary N) is 2. The van der Waals surface area contributed by atoms with Gasteiger partial charge in [-0.3, -0.25) is 5.10 Å². The molecule has 4 N–H and O–H groups in total. The van der Waals surface area contributed by atoms with Gasteiger partial charge in [-0.1, -0.05) is 24.3 Å².